The summed E-state index contributed by atoms with van der Waals surface area (Å²) in [5.41, 5.74) is -1.54. The predicted molar refractivity (Wildman–Crippen MR) is 102 cm³/mol. The molecule has 0 atom stereocenters. The average molecular weight is 413 g/mol. The number of allylic oxidation sites excluding steroid dienone is 2. The van der Waals surface area contributed by atoms with Crippen LogP contribution in [0.4, 0.5) is 0 Å². The molecule has 0 aliphatic heterocycles. The number of halogens is 1. The minimum absolute atomic E-state index is 0.00503. The highest BCUT2D eigenvalue weighted by Crippen LogP contribution is 2.46. The molecule has 1 aromatic heterocycles. The van der Waals surface area contributed by atoms with Crippen LogP contribution in [0, 0.1) is 0 Å². The van der Waals surface area contributed by atoms with Gasteiger partial charge >= 0.3 is 13.3 Å². The fraction of sp³-hybridized carbons (Fsp3) is 0.235. The number of hydrogen-bond donors (Lipinski definition) is 0. The molecule has 0 saturated carbocycles. The van der Waals surface area contributed by atoms with Crippen LogP contribution in [0.5, 0.6) is 0 Å². The minimum Gasteiger partial charge on any atom is -0.312 e. The molecule has 1 aromatic carbocycles. The lowest BCUT2D eigenvalue weighted by Crippen LogP contribution is -2.43. The molecule has 0 amide bonds. The molecule has 0 bridgehead atoms. The van der Waals surface area contributed by atoms with Crippen molar-refractivity contribution in [2.75, 3.05) is 20.4 Å². The number of nitrogens with zero attached hydrogens (tertiary/aromatic N) is 2. The van der Waals surface area contributed by atoms with E-state index >= 15 is 0 Å². The summed E-state index contributed by atoms with van der Waals surface area (Å²) in [6, 6.07) is 7.93. The molecule has 2 aromatic rings. The van der Waals surface area contributed by atoms with Gasteiger partial charge in [0.15, 0.2) is 0 Å². The van der Waals surface area contributed by atoms with E-state index < -0.39 is 24.8 Å². The van der Waals surface area contributed by atoms with Crippen molar-refractivity contribution in [1.29, 1.82) is 0 Å². The van der Waals surface area contributed by atoms with Crippen molar-refractivity contribution in [1.82, 2.24) is 9.13 Å². The molecule has 0 N–H and O–H groups in total. The molecule has 8 nitrogen and oxygen atoms in total. The number of rotatable bonds is 7. The lowest BCUT2D eigenvalue weighted by atomic mass is 10.2. The minimum atomic E-state index is -3.21. The summed E-state index contributed by atoms with van der Waals surface area (Å²) in [5, 5.41) is -0.272. The molecule has 0 unspecified atom stereocenters. The van der Waals surface area contributed by atoms with Crippen LogP contribution in [0.15, 0.2) is 58.3 Å². The van der Waals surface area contributed by atoms with E-state index in [1.165, 1.54) is 38.5 Å². The van der Waals surface area contributed by atoms with Crippen molar-refractivity contribution in [3.8, 4) is 0 Å². The molecule has 1 heterocycles. The van der Waals surface area contributed by atoms with Gasteiger partial charge in [-0.05, 0) is 12.1 Å². The molecular weight excluding hydrogens is 395 g/mol. The molecule has 0 aliphatic carbocycles. The Morgan fingerprint density at radius 2 is 1.78 bits per heavy atom. The highest BCUT2D eigenvalue weighted by molar-refractivity contribution is 7.54. The molecule has 2 rings (SSSR count). The molecular formula is C17H18ClN2O6P. The van der Waals surface area contributed by atoms with E-state index in [9.17, 15) is 18.9 Å². The van der Waals surface area contributed by atoms with Crippen LogP contribution in [0.25, 0.3) is 0 Å². The first-order chi connectivity index (χ1) is 12.8. The Morgan fingerprint density at radius 3 is 2.37 bits per heavy atom. The second kappa shape index (κ2) is 9.10. The third-order valence-corrected chi connectivity index (χ3v) is 5.72. The Kier molecular flexibility index (Phi) is 7.10. The lowest BCUT2D eigenvalue weighted by molar-refractivity contribution is 0.0948. The van der Waals surface area contributed by atoms with Gasteiger partial charge in [-0.3, -0.25) is 18.7 Å². The molecule has 0 aliphatic rings. The normalized spacial score (nSPS) is 11.8. The lowest BCUT2D eigenvalue weighted by Gasteiger charge is -2.11. The maximum absolute atomic E-state index is 12.6. The van der Waals surface area contributed by atoms with Gasteiger partial charge in [0, 0.05) is 32.5 Å². The van der Waals surface area contributed by atoms with Crippen molar-refractivity contribution in [2.45, 2.75) is 6.54 Å². The quantitative estimate of drug-likeness (QED) is 0.511. The maximum atomic E-state index is 12.6. The fourth-order valence-electron chi connectivity index (χ4n) is 2.20. The van der Waals surface area contributed by atoms with Crippen LogP contribution in [-0.4, -0.2) is 35.4 Å². The second-order valence-electron chi connectivity index (χ2n) is 5.35. The van der Waals surface area contributed by atoms with Crippen molar-refractivity contribution < 1.29 is 18.4 Å². The summed E-state index contributed by atoms with van der Waals surface area (Å²) in [5.74, 6) is -0.769. The topological polar surface area (TPSA) is 96.6 Å². The first-order valence-electron chi connectivity index (χ1n) is 7.80. The first-order valence-corrected chi connectivity index (χ1v) is 9.91. The summed E-state index contributed by atoms with van der Waals surface area (Å²) < 4.78 is 23.1. The smallest absolute Gasteiger partial charge is 0.312 e. The van der Waals surface area contributed by atoms with Crippen LogP contribution in [0.2, 0.25) is 5.02 Å². The molecule has 0 saturated heterocycles. The zero-order chi connectivity index (χ0) is 20.0. The van der Waals surface area contributed by atoms with E-state index in [4.69, 9.17) is 20.6 Å². The largest absolute Gasteiger partial charge is 0.338 e. The van der Waals surface area contributed by atoms with Gasteiger partial charge in [0.25, 0.3) is 11.5 Å². The van der Waals surface area contributed by atoms with Gasteiger partial charge in [-0.15, -0.1) is 0 Å². The van der Waals surface area contributed by atoms with Gasteiger partial charge in [0.2, 0.25) is 0 Å². The Hall–Kier alpha value is -2.25. The number of carbonyl (C=O) groups excluding carboxylic acids is 1. The number of benzene rings is 1. The van der Waals surface area contributed by atoms with Gasteiger partial charge in [-0.1, -0.05) is 42.0 Å². The van der Waals surface area contributed by atoms with Crippen LogP contribution < -0.4 is 11.2 Å². The average Bonchev–Trinajstić information content (AvgIpc) is 2.69. The summed E-state index contributed by atoms with van der Waals surface area (Å²) in [6.07, 6.45) is 4.20. The first kappa shape index (κ1) is 21.1. The van der Waals surface area contributed by atoms with E-state index in [2.05, 4.69) is 0 Å². The van der Waals surface area contributed by atoms with Crippen molar-refractivity contribution in [2.24, 2.45) is 0 Å². The molecule has 0 radical (unpaired) electrons. The van der Waals surface area contributed by atoms with Crippen LogP contribution in [-0.2, 0) is 20.2 Å². The Balaban J connectivity index is 2.34. The van der Waals surface area contributed by atoms with Crippen molar-refractivity contribution >= 4 is 25.1 Å². The SMILES string of the molecule is COP(=O)(C/C=C/Cn1cc(Cl)c(=O)n(C(=O)c2ccccc2)c1=O)OC. The number of aromatic nitrogens is 2. The Morgan fingerprint density at radius 1 is 1.15 bits per heavy atom. The van der Waals surface area contributed by atoms with Gasteiger partial charge in [0.1, 0.15) is 5.02 Å². The Labute approximate surface area is 160 Å². The standard InChI is InChI=1S/C17H18ClN2O6P/c1-25-27(24,26-2)11-7-6-10-19-12-14(18)16(22)20(17(19)23)15(21)13-8-4-3-5-9-13/h3-9,12H,10-11H2,1-2H3/b7-6+. The van der Waals surface area contributed by atoms with E-state index in [1.807, 2.05) is 0 Å². The van der Waals surface area contributed by atoms with Crippen molar-refractivity contribution in [3.63, 3.8) is 0 Å². The summed E-state index contributed by atoms with van der Waals surface area (Å²) in [6.45, 7) is 0.00827. The molecule has 0 spiro atoms. The van der Waals surface area contributed by atoms with Crippen LogP contribution in [0.3, 0.4) is 0 Å². The molecule has 27 heavy (non-hydrogen) atoms. The zero-order valence-corrected chi connectivity index (χ0v) is 16.4. The summed E-state index contributed by atoms with van der Waals surface area (Å²) >= 11 is 5.90. The van der Waals surface area contributed by atoms with E-state index in [0.29, 0.717) is 4.57 Å². The summed E-state index contributed by atoms with van der Waals surface area (Å²) in [4.78, 5) is 37.3. The predicted octanol–water partition coefficient (Wildman–Crippen LogP) is 2.39. The van der Waals surface area contributed by atoms with Gasteiger partial charge in [-0.2, -0.15) is 4.57 Å². The second-order valence-corrected chi connectivity index (χ2v) is 8.08. The van der Waals surface area contributed by atoms with Crippen molar-refractivity contribution in [3.05, 3.63) is 80.1 Å². The third-order valence-electron chi connectivity index (χ3n) is 3.69. The van der Waals surface area contributed by atoms with Crippen LogP contribution >= 0.6 is 19.2 Å². The Bertz CT molecular complexity index is 1000. The van der Waals surface area contributed by atoms with Crippen LogP contribution in [0.1, 0.15) is 10.4 Å². The summed E-state index contributed by atoms with van der Waals surface area (Å²) in [7, 11) is -0.664. The maximum Gasteiger partial charge on any atom is 0.338 e. The molecule has 144 valence electrons. The zero-order valence-electron chi connectivity index (χ0n) is 14.7. The third kappa shape index (κ3) is 4.93. The number of carbonyl (C=O) groups is 1. The van der Waals surface area contributed by atoms with E-state index in [-0.39, 0.29) is 23.3 Å². The van der Waals surface area contributed by atoms with Gasteiger partial charge in [0.05, 0.1) is 6.16 Å². The number of hydrogen-bond acceptors (Lipinski definition) is 6. The van der Waals surface area contributed by atoms with E-state index in [1.54, 1.807) is 18.2 Å². The van der Waals surface area contributed by atoms with Gasteiger partial charge < -0.3 is 9.05 Å². The highest BCUT2D eigenvalue weighted by Gasteiger charge is 2.19. The molecule has 10 heteroatoms. The monoisotopic (exact) mass is 412 g/mol. The van der Waals surface area contributed by atoms with E-state index in [0.717, 1.165) is 10.8 Å². The highest BCUT2D eigenvalue weighted by atomic mass is 35.5. The molecule has 0 fully saturated rings. The van der Waals surface area contributed by atoms with Gasteiger partial charge in [-0.25, -0.2) is 4.79 Å². The fourth-order valence-corrected chi connectivity index (χ4v) is 3.26.